The first kappa shape index (κ1) is 10.3. The molecule has 0 amide bonds. The predicted molar refractivity (Wildman–Crippen MR) is 64.5 cm³/mol. The summed E-state index contributed by atoms with van der Waals surface area (Å²) in [5.74, 6) is 0.805. The van der Waals surface area contributed by atoms with Gasteiger partial charge in [0.15, 0.2) is 0 Å². The van der Waals surface area contributed by atoms with Crippen LogP contribution in [0.25, 0.3) is 0 Å². The fourth-order valence-electron chi connectivity index (χ4n) is 2.40. The summed E-state index contributed by atoms with van der Waals surface area (Å²) in [6.07, 6.45) is 12.2. The number of hydrogen-bond acceptors (Lipinski definition) is 2. The zero-order valence-corrected chi connectivity index (χ0v) is 9.86. The second-order valence-electron chi connectivity index (χ2n) is 5.22. The topological polar surface area (TPSA) is 29.9 Å². The molecule has 0 unspecified atom stereocenters. The Morgan fingerprint density at radius 1 is 1.31 bits per heavy atom. The van der Waals surface area contributed by atoms with Crippen LogP contribution >= 0.6 is 0 Å². The molecule has 16 heavy (non-hydrogen) atoms. The van der Waals surface area contributed by atoms with Crippen molar-refractivity contribution in [3.63, 3.8) is 0 Å². The van der Waals surface area contributed by atoms with Gasteiger partial charge in [0.1, 0.15) is 0 Å². The highest BCUT2D eigenvalue weighted by Crippen LogP contribution is 2.36. The van der Waals surface area contributed by atoms with Crippen LogP contribution in [0.15, 0.2) is 12.5 Å². The molecule has 0 aromatic carbocycles. The van der Waals surface area contributed by atoms with Gasteiger partial charge in [-0.1, -0.05) is 6.42 Å². The Balaban J connectivity index is 1.46. The van der Waals surface area contributed by atoms with Crippen molar-refractivity contribution in [3.05, 3.63) is 18.2 Å². The van der Waals surface area contributed by atoms with Crippen LogP contribution in [-0.2, 0) is 6.54 Å². The monoisotopic (exact) mass is 219 g/mol. The SMILES string of the molecule is c1ncn(CCCNC2CC2)c1C1CCC1. The molecule has 0 saturated heterocycles. The fourth-order valence-corrected chi connectivity index (χ4v) is 2.40. The molecular formula is C13H21N3. The molecule has 2 aliphatic rings. The van der Waals surface area contributed by atoms with E-state index in [0.717, 1.165) is 25.0 Å². The first-order valence-corrected chi connectivity index (χ1v) is 6.67. The highest BCUT2D eigenvalue weighted by atomic mass is 15.1. The quantitative estimate of drug-likeness (QED) is 0.744. The molecule has 0 bridgehead atoms. The van der Waals surface area contributed by atoms with E-state index in [0.29, 0.717) is 0 Å². The number of nitrogens with one attached hydrogen (secondary N) is 1. The van der Waals surface area contributed by atoms with E-state index in [1.54, 1.807) is 0 Å². The average Bonchev–Trinajstić information content (AvgIpc) is 2.93. The maximum Gasteiger partial charge on any atom is 0.0948 e. The Morgan fingerprint density at radius 2 is 2.19 bits per heavy atom. The minimum Gasteiger partial charge on any atom is -0.334 e. The van der Waals surface area contributed by atoms with Crippen LogP contribution in [0, 0.1) is 0 Å². The van der Waals surface area contributed by atoms with Gasteiger partial charge in [-0.2, -0.15) is 0 Å². The zero-order chi connectivity index (χ0) is 10.8. The summed E-state index contributed by atoms with van der Waals surface area (Å²) in [7, 11) is 0. The van der Waals surface area contributed by atoms with Crippen molar-refractivity contribution in [2.24, 2.45) is 0 Å². The number of aryl methyl sites for hydroxylation is 1. The summed E-state index contributed by atoms with van der Waals surface area (Å²) in [5, 5.41) is 3.56. The van der Waals surface area contributed by atoms with E-state index < -0.39 is 0 Å². The zero-order valence-electron chi connectivity index (χ0n) is 9.86. The van der Waals surface area contributed by atoms with Crippen molar-refractivity contribution >= 4 is 0 Å². The molecule has 2 saturated carbocycles. The smallest absolute Gasteiger partial charge is 0.0948 e. The summed E-state index contributed by atoms with van der Waals surface area (Å²) in [6.45, 7) is 2.29. The summed E-state index contributed by atoms with van der Waals surface area (Å²) in [6, 6.07) is 0.842. The van der Waals surface area contributed by atoms with Gasteiger partial charge in [0, 0.05) is 30.4 Å². The lowest BCUT2D eigenvalue weighted by atomic mass is 9.83. The van der Waals surface area contributed by atoms with E-state index in [4.69, 9.17) is 0 Å². The van der Waals surface area contributed by atoms with Crippen molar-refractivity contribution in [2.75, 3.05) is 6.54 Å². The van der Waals surface area contributed by atoms with Crippen LogP contribution in [0.3, 0.4) is 0 Å². The fraction of sp³-hybridized carbons (Fsp3) is 0.769. The van der Waals surface area contributed by atoms with Crippen LogP contribution < -0.4 is 5.32 Å². The molecular weight excluding hydrogens is 198 g/mol. The second kappa shape index (κ2) is 4.58. The molecule has 3 nitrogen and oxygen atoms in total. The van der Waals surface area contributed by atoms with E-state index in [2.05, 4.69) is 21.1 Å². The Kier molecular flexibility index (Phi) is 2.96. The van der Waals surface area contributed by atoms with Crippen molar-refractivity contribution in [3.8, 4) is 0 Å². The van der Waals surface area contributed by atoms with E-state index in [1.807, 2.05) is 6.33 Å². The highest BCUT2D eigenvalue weighted by Gasteiger charge is 2.23. The number of rotatable bonds is 6. The summed E-state index contributed by atoms with van der Waals surface area (Å²) in [4.78, 5) is 4.29. The van der Waals surface area contributed by atoms with Gasteiger partial charge in [0.25, 0.3) is 0 Å². The van der Waals surface area contributed by atoms with Crippen molar-refractivity contribution < 1.29 is 0 Å². The van der Waals surface area contributed by atoms with E-state index >= 15 is 0 Å². The molecule has 2 aliphatic carbocycles. The van der Waals surface area contributed by atoms with Crippen LogP contribution in [0.5, 0.6) is 0 Å². The minimum atomic E-state index is 0.805. The van der Waals surface area contributed by atoms with Gasteiger partial charge in [-0.3, -0.25) is 0 Å². The molecule has 0 atom stereocenters. The third-order valence-electron chi connectivity index (χ3n) is 3.85. The van der Waals surface area contributed by atoms with Gasteiger partial charge < -0.3 is 9.88 Å². The van der Waals surface area contributed by atoms with Gasteiger partial charge in [-0.25, -0.2) is 4.98 Å². The first-order chi connectivity index (χ1) is 7.93. The van der Waals surface area contributed by atoms with Crippen molar-refractivity contribution in [1.82, 2.24) is 14.9 Å². The number of hydrogen-bond donors (Lipinski definition) is 1. The third kappa shape index (κ3) is 2.29. The maximum atomic E-state index is 4.29. The predicted octanol–water partition coefficient (Wildman–Crippen LogP) is 2.29. The van der Waals surface area contributed by atoms with Gasteiger partial charge in [0.2, 0.25) is 0 Å². The van der Waals surface area contributed by atoms with Crippen LogP contribution in [0.4, 0.5) is 0 Å². The number of imidazole rings is 1. The van der Waals surface area contributed by atoms with E-state index in [1.165, 1.54) is 44.2 Å². The minimum absolute atomic E-state index is 0.805. The standard InChI is InChI=1S/C13H21N3/c1-3-11(4-1)13-9-14-10-16(13)8-2-7-15-12-5-6-12/h9-12,15H,1-8H2. The molecule has 3 rings (SSSR count). The summed E-state index contributed by atoms with van der Waals surface area (Å²) >= 11 is 0. The van der Waals surface area contributed by atoms with Crippen LogP contribution in [-0.4, -0.2) is 22.1 Å². The molecule has 1 aromatic rings. The normalized spacial score (nSPS) is 21.0. The molecule has 3 heteroatoms. The third-order valence-corrected chi connectivity index (χ3v) is 3.85. The van der Waals surface area contributed by atoms with Crippen LogP contribution in [0.2, 0.25) is 0 Å². The Hall–Kier alpha value is -0.830. The van der Waals surface area contributed by atoms with Crippen molar-refractivity contribution in [1.29, 1.82) is 0 Å². The molecule has 0 spiro atoms. The lowest BCUT2D eigenvalue weighted by Gasteiger charge is -2.26. The van der Waals surface area contributed by atoms with Gasteiger partial charge >= 0.3 is 0 Å². The van der Waals surface area contributed by atoms with Crippen molar-refractivity contribution in [2.45, 2.75) is 57.0 Å². The maximum absolute atomic E-state index is 4.29. The van der Waals surface area contributed by atoms with Gasteiger partial charge in [0.05, 0.1) is 6.33 Å². The van der Waals surface area contributed by atoms with E-state index in [9.17, 15) is 0 Å². The molecule has 1 heterocycles. The Morgan fingerprint density at radius 3 is 2.88 bits per heavy atom. The van der Waals surface area contributed by atoms with Crippen LogP contribution in [0.1, 0.15) is 50.1 Å². The summed E-state index contributed by atoms with van der Waals surface area (Å²) in [5.41, 5.74) is 1.47. The molecule has 1 N–H and O–H groups in total. The molecule has 1 aromatic heterocycles. The highest BCUT2D eigenvalue weighted by molar-refractivity contribution is 5.09. The van der Waals surface area contributed by atoms with E-state index in [-0.39, 0.29) is 0 Å². The molecule has 0 aliphatic heterocycles. The Labute approximate surface area is 97.3 Å². The molecule has 0 radical (unpaired) electrons. The summed E-state index contributed by atoms with van der Waals surface area (Å²) < 4.78 is 2.36. The number of nitrogens with zero attached hydrogens (tertiary/aromatic N) is 2. The molecule has 88 valence electrons. The van der Waals surface area contributed by atoms with Gasteiger partial charge in [-0.15, -0.1) is 0 Å². The largest absolute Gasteiger partial charge is 0.334 e. The average molecular weight is 219 g/mol. The Bertz CT molecular complexity index is 337. The second-order valence-corrected chi connectivity index (χ2v) is 5.22. The first-order valence-electron chi connectivity index (χ1n) is 6.67. The lowest BCUT2D eigenvalue weighted by Crippen LogP contribution is -2.20. The van der Waals surface area contributed by atoms with Gasteiger partial charge in [-0.05, 0) is 38.6 Å². The lowest BCUT2D eigenvalue weighted by molar-refractivity contribution is 0.394. The molecule has 2 fully saturated rings. The number of aromatic nitrogens is 2.